The fourth-order valence-corrected chi connectivity index (χ4v) is 4.37. The van der Waals surface area contributed by atoms with Gasteiger partial charge in [0.05, 0.1) is 44.5 Å². The van der Waals surface area contributed by atoms with Gasteiger partial charge in [0.1, 0.15) is 35.4 Å². The molecular weight excluding hydrogens is 498 g/mol. The third-order valence-corrected chi connectivity index (χ3v) is 6.37. The highest BCUT2D eigenvalue weighted by Crippen LogP contribution is 2.41. The summed E-state index contributed by atoms with van der Waals surface area (Å²) in [7, 11) is 4.57. The number of carbonyl (C=O) groups excluding carboxylic acids is 2. The number of carbonyl (C=O) groups is 2. The maximum atomic E-state index is 13.3. The van der Waals surface area contributed by atoms with Gasteiger partial charge in [-0.1, -0.05) is 23.7 Å². The molecule has 9 heteroatoms. The lowest BCUT2D eigenvalue weighted by Gasteiger charge is -2.25. The zero-order chi connectivity index (χ0) is 26.5. The Morgan fingerprint density at radius 3 is 2.16 bits per heavy atom. The molecule has 1 aliphatic rings. The van der Waals surface area contributed by atoms with Gasteiger partial charge in [-0.15, -0.1) is 0 Å². The van der Waals surface area contributed by atoms with E-state index < -0.39 is 23.5 Å². The molecule has 8 nitrogen and oxygen atoms in total. The molecule has 1 saturated heterocycles. The summed E-state index contributed by atoms with van der Waals surface area (Å²) in [6.45, 7) is 0.195. The maximum absolute atomic E-state index is 13.3. The third-order valence-electron chi connectivity index (χ3n) is 6.04. The summed E-state index contributed by atoms with van der Waals surface area (Å²) in [5.74, 6) is 0.266. The molecule has 0 saturated carbocycles. The summed E-state index contributed by atoms with van der Waals surface area (Å²) in [5.41, 5.74) is 0.683. The minimum atomic E-state index is -0.892. The molecule has 1 aliphatic heterocycles. The molecule has 0 bridgehead atoms. The standard InChI is InChI=1S/C28H26ClNO7/c1-34-18-7-9-19(10-8-18)37-14-13-30-25(17-5-4-6-20(15-17)35-2)24(27(32)28(30)33)26(31)22-16-21(36-3)11-12-23(22)29/h4-12,15-16,25,31H,13-14H2,1-3H3/b26-24+. The van der Waals surface area contributed by atoms with Gasteiger partial charge in [0.2, 0.25) is 0 Å². The van der Waals surface area contributed by atoms with Crippen LogP contribution in [0.1, 0.15) is 17.2 Å². The number of Topliss-reactive ketones (excluding diaryl/α,β-unsaturated/α-hetero) is 1. The van der Waals surface area contributed by atoms with E-state index in [0.717, 1.165) is 0 Å². The smallest absolute Gasteiger partial charge is 0.295 e. The number of hydrogen-bond donors (Lipinski definition) is 1. The molecular formula is C28H26ClNO7. The van der Waals surface area contributed by atoms with Gasteiger partial charge in [-0.25, -0.2) is 0 Å². The summed E-state index contributed by atoms with van der Waals surface area (Å²) in [6, 6.07) is 17.8. The lowest BCUT2D eigenvalue weighted by atomic mass is 9.95. The van der Waals surface area contributed by atoms with Crippen LogP contribution in [0.25, 0.3) is 5.76 Å². The SMILES string of the molecule is COc1ccc(OCCN2C(=O)C(=O)/C(=C(/O)c3cc(OC)ccc3Cl)C2c2cccc(OC)c2)cc1. The molecule has 1 atom stereocenters. The van der Waals surface area contributed by atoms with Gasteiger partial charge in [-0.3, -0.25) is 9.59 Å². The molecule has 4 rings (SSSR count). The molecule has 1 fully saturated rings. The fraction of sp³-hybridized carbons (Fsp3) is 0.214. The molecule has 0 aliphatic carbocycles. The molecule has 1 heterocycles. The first-order chi connectivity index (χ1) is 17.9. The van der Waals surface area contributed by atoms with E-state index in [9.17, 15) is 14.7 Å². The van der Waals surface area contributed by atoms with Crippen LogP contribution in [0.2, 0.25) is 5.02 Å². The Morgan fingerprint density at radius 2 is 1.49 bits per heavy atom. The second kappa shape index (κ2) is 11.3. The van der Waals surface area contributed by atoms with Gasteiger partial charge in [0.25, 0.3) is 11.7 Å². The number of amides is 1. The molecule has 1 amide bonds. The zero-order valence-corrected chi connectivity index (χ0v) is 21.3. The Labute approximate surface area is 219 Å². The van der Waals surface area contributed by atoms with Gasteiger partial charge >= 0.3 is 0 Å². The van der Waals surface area contributed by atoms with Crippen LogP contribution in [-0.4, -0.2) is 56.2 Å². The quantitative estimate of drug-likeness (QED) is 0.243. The molecule has 1 unspecified atom stereocenters. The monoisotopic (exact) mass is 523 g/mol. The summed E-state index contributed by atoms with van der Waals surface area (Å²) in [5, 5.41) is 11.5. The first-order valence-corrected chi connectivity index (χ1v) is 11.8. The molecule has 192 valence electrons. The van der Waals surface area contributed by atoms with Crippen molar-refractivity contribution >= 4 is 29.1 Å². The summed E-state index contributed by atoms with van der Waals surface area (Å²) in [4.78, 5) is 27.8. The largest absolute Gasteiger partial charge is 0.507 e. The van der Waals surface area contributed by atoms with E-state index in [4.69, 9.17) is 30.5 Å². The van der Waals surface area contributed by atoms with Gasteiger partial charge in [-0.05, 0) is 60.2 Å². The van der Waals surface area contributed by atoms with Crippen molar-refractivity contribution in [3.05, 3.63) is 88.5 Å². The summed E-state index contributed by atoms with van der Waals surface area (Å²) >= 11 is 6.35. The van der Waals surface area contributed by atoms with Crippen LogP contribution in [0.3, 0.4) is 0 Å². The van der Waals surface area contributed by atoms with E-state index in [0.29, 0.717) is 28.6 Å². The highest BCUT2D eigenvalue weighted by Gasteiger charge is 2.46. The Bertz CT molecular complexity index is 1340. The van der Waals surface area contributed by atoms with E-state index in [1.165, 1.54) is 25.2 Å². The molecule has 0 aromatic heterocycles. The number of aliphatic hydroxyl groups is 1. The van der Waals surface area contributed by atoms with E-state index in [1.54, 1.807) is 67.8 Å². The van der Waals surface area contributed by atoms with Gasteiger partial charge < -0.3 is 29.0 Å². The van der Waals surface area contributed by atoms with E-state index >= 15 is 0 Å². The number of halogens is 1. The number of nitrogens with zero attached hydrogens (tertiary/aromatic N) is 1. The number of ketones is 1. The predicted molar refractivity (Wildman–Crippen MR) is 138 cm³/mol. The van der Waals surface area contributed by atoms with Crippen molar-refractivity contribution in [2.75, 3.05) is 34.5 Å². The average molecular weight is 524 g/mol. The highest BCUT2D eigenvalue weighted by molar-refractivity contribution is 6.47. The van der Waals surface area contributed by atoms with Crippen molar-refractivity contribution in [3.8, 4) is 23.0 Å². The van der Waals surface area contributed by atoms with Crippen molar-refractivity contribution in [1.29, 1.82) is 0 Å². The number of rotatable bonds is 9. The highest BCUT2D eigenvalue weighted by atomic mass is 35.5. The van der Waals surface area contributed by atoms with E-state index in [2.05, 4.69) is 0 Å². The van der Waals surface area contributed by atoms with Crippen molar-refractivity contribution in [2.45, 2.75) is 6.04 Å². The van der Waals surface area contributed by atoms with E-state index in [1.807, 2.05) is 0 Å². The van der Waals surface area contributed by atoms with Gasteiger partial charge in [0.15, 0.2) is 0 Å². The molecule has 1 N–H and O–H groups in total. The van der Waals surface area contributed by atoms with Gasteiger partial charge in [0, 0.05) is 5.56 Å². The van der Waals surface area contributed by atoms with Crippen LogP contribution in [0.5, 0.6) is 23.0 Å². The second-order valence-corrected chi connectivity index (χ2v) is 8.55. The first kappa shape index (κ1) is 25.9. The van der Waals surface area contributed by atoms with Crippen LogP contribution in [0, 0.1) is 0 Å². The number of benzene rings is 3. The third kappa shape index (κ3) is 5.34. The number of ether oxygens (including phenoxy) is 4. The summed E-state index contributed by atoms with van der Waals surface area (Å²) < 4.78 is 21.6. The Balaban J connectivity index is 1.73. The molecule has 3 aromatic rings. The van der Waals surface area contributed by atoms with Crippen molar-refractivity contribution in [2.24, 2.45) is 0 Å². The van der Waals surface area contributed by atoms with Crippen molar-refractivity contribution < 1.29 is 33.6 Å². The molecule has 3 aromatic carbocycles. The van der Waals surface area contributed by atoms with Crippen LogP contribution < -0.4 is 18.9 Å². The van der Waals surface area contributed by atoms with Crippen LogP contribution in [0.4, 0.5) is 0 Å². The topological polar surface area (TPSA) is 94.5 Å². The predicted octanol–water partition coefficient (Wildman–Crippen LogP) is 4.87. The molecule has 37 heavy (non-hydrogen) atoms. The molecule has 0 spiro atoms. The fourth-order valence-electron chi connectivity index (χ4n) is 4.16. The average Bonchev–Trinajstić information content (AvgIpc) is 3.18. The Kier molecular flexibility index (Phi) is 7.89. The zero-order valence-electron chi connectivity index (χ0n) is 20.6. The normalized spacial score (nSPS) is 16.5. The van der Waals surface area contributed by atoms with Crippen molar-refractivity contribution in [1.82, 2.24) is 4.90 Å². The Hall–Kier alpha value is -4.17. The number of methoxy groups -OCH3 is 3. The first-order valence-electron chi connectivity index (χ1n) is 11.4. The number of hydrogen-bond acceptors (Lipinski definition) is 7. The minimum Gasteiger partial charge on any atom is -0.507 e. The van der Waals surface area contributed by atoms with Crippen LogP contribution >= 0.6 is 11.6 Å². The van der Waals surface area contributed by atoms with Crippen LogP contribution in [0.15, 0.2) is 72.3 Å². The van der Waals surface area contributed by atoms with E-state index in [-0.39, 0.29) is 29.3 Å². The minimum absolute atomic E-state index is 0.0844. The van der Waals surface area contributed by atoms with Crippen LogP contribution in [-0.2, 0) is 9.59 Å². The lowest BCUT2D eigenvalue weighted by Crippen LogP contribution is -2.33. The summed E-state index contributed by atoms with van der Waals surface area (Å²) in [6.07, 6.45) is 0. The Morgan fingerprint density at radius 1 is 0.865 bits per heavy atom. The van der Waals surface area contributed by atoms with Gasteiger partial charge in [-0.2, -0.15) is 0 Å². The number of likely N-dealkylation sites (tertiary alicyclic amines) is 1. The second-order valence-electron chi connectivity index (χ2n) is 8.14. The number of aliphatic hydroxyl groups excluding tert-OH is 1. The van der Waals surface area contributed by atoms with Crippen molar-refractivity contribution in [3.63, 3.8) is 0 Å². The maximum Gasteiger partial charge on any atom is 0.295 e. The lowest BCUT2D eigenvalue weighted by molar-refractivity contribution is -0.140. The molecule has 0 radical (unpaired) electrons.